The van der Waals surface area contributed by atoms with Crippen molar-refractivity contribution in [2.45, 2.75) is 32.2 Å². The predicted molar refractivity (Wildman–Crippen MR) is 61.2 cm³/mol. The highest BCUT2D eigenvalue weighted by atomic mass is 19.4. The van der Waals surface area contributed by atoms with Crippen LogP contribution in [0.15, 0.2) is 12.3 Å². The molecular formula is C11H16F3N3O2. The van der Waals surface area contributed by atoms with E-state index < -0.39 is 23.4 Å². The highest BCUT2D eigenvalue weighted by Crippen LogP contribution is 2.27. The summed E-state index contributed by atoms with van der Waals surface area (Å²) in [6.45, 7) is 2.85. The number of carbonyl (C=O) groups is 1. The predicted octanol–water partition coefficient (Wildman–Crippen LogP) is 1.13. The third-order valence-corrected chi connectivity index (χ3v) is 2.28. The number of nitrogens with zero attached hydrogens (tertiary/aromatic N) is 3. The largest absolute Gasteiger partial charge is 0.435 e. The van der Waals surface area contributed by atoms with E-state index in [1.165, 1.54) is 25.8 Å². The van der Waals surface area contributed by atoms with Gasteiger partial charge in [0.25, 0.3) is 0 Å². The summed E-state index contributed by atoms with van der Waals surface area (Å²) in [6.07, 6.45) is -3.42. The Bertz CT molecular complexity index is 449. The van der Waals surface area contributed by atoms with Crippen molar-refractivity contribution in [3.8, 4) is 0 Å². The number of rotatable bonds is 4. The summed E-state index contributed by atoms with van der Waals surface area (Å²) >= 11 is 0. The van der Waals surface area contributed by atoms with Crippen LogP contribution in [0.4, 0.5) is 13.2 Å². The van der Waals surface area contributed by atoms with Crippen molar-refractivity contribution in [2.24, 2.45) is 0 Å². The maximum absolute atomic E-state index is 12.3. The van der Waals surface area contributed by atoms with Gasteiger partial charge < -0.3 is 10.0 Å². The summed E-state index contributed by atoms with van der Waals surface area (Å²) in [5, 5.41) is 12.8. The molecule has 0 saturated carbocycles. The van der Waals surface area contributed by atoms with Gasteiger partial charge in [0, 0.05) is 19.8 Å². The normalized spacial score (nSPS) is 12.6. The van der Waals surface area contributed by atoms with Crippen LogP contribution in [0.2, 0.25) is 0 Å². The Balaban J connectivity index is 2.65. The van der Waals surface area contributed by atoms with E-state index in [1.807, 2.05) is 0 Å². The Morgan fingerprint density at radius 3 is 2.47 bits per heavy atom. The summed E-state index contributed by atoms with van der Waals surface area (Å²) in [7, 11) is 1.47. The minimum absolute atomic E-state index is 0.0826. The number of hydrogen-bond acceptors (Lipinski definition) is 3. The zero-order chi connectivity index (χ0) is 14.8. The van der Waals surface area contributed by atoms with Gasteiger partial charge in [-0.2, -0.15) is 18.3 Å². The van der Waals surface area contributed by atoms with E-state index in [1.54, 1.807) is 0 Å². The molecule has 1 aromatic heterocycles. The van der Waals surface area contributed by atoms with E-state index in [2.05, 4.69) is 5.10 Å². The van der Waals surface area contributed by atoms with Crippen LogP contribution < -0.4 is 0 Å². The zero-order valence-corrected chi connectivity index (χ0v) is 10.9. The lowest BCUT2D eigenvalue weighted by atomic mass is 10.1. The van der Waals surface area contributed by atoms with Crippen molar-refractivity contribution in [2.75, 3.05) is 13.6 Å². The van der Waals surface area contributed by atoms with E-state index in [4.69, 9.17) is 0 Å². The fraction of sp³-hybridized carbons (Fsp3) is 0.636. The van der Waals surface area contributed by atoms with E-state index in [9.17, 15) is 23.1 Å². The molecule has 0 unspecified atom stereocenters. The van der Waals surface area contributed by atoms with E-state index >= 15 is 0 Å². The molecule has 19 heavy (non-hydrogen) atoms. The first-order valence-electron chi connectivity index (χ1n) is 5.56. The summed E-state index contributed by atoms with van der Waals surface area (Å²) in [5.74, 6) is -0.432. The molecule has 0 aliphatic rings. The van der Waals surface area contributed by atoms with Crippen LogP contribution in [0.25, 0.3) is 0 Å². The maximum Gasteiger partial charge on any atom is 0.435 e. The molecule has 1 heterocycles. The van der Waals surface area contributed by atoms with Crippen molar-refractivity contribution < 1.29 is 23.1 Å². The van der Waals surface area contributed by atoms with E-state index in [0.29, 0.717) is 0 Å². The van der Waals surface area contributed by atoms with Crippen LogP contribution in [0.3, 0.4) is 0 Å². The molecule has 0 fully saturated rings. The van der Waals surface area contributed by atoms with Gasteiger partial charge >= 0.3 is 6.18 Å². The highest BCUT2D eigenvalue weighted by molar-refractivity contribution is 5.75. The van der Waals surface area contributed by atoms with Crippen LogP contribution >= 0.6 is 0 Å². The van der Waals surface area contributed by atoms with Gasteiger partial charge in [0.1, 0.15) is 6.54 Å². The number of carbonyl (C=O) groups excluding carboxylic acids is 1. The number of aliphatic hydroxyl groups is 1. The van der Waals surface area contributed by atoms with Gasteiger partial charge in [0.15, 0.2) is 5.69 Å². The van der Waals surface area contributed by atoms with Gasteiger partial charge in [0.2, 0.25) is 5.91 Å². The Labute approximate surface area is 108 Å². The molecule has 1 aromatic rings. The molecule has 0 saturated heterocycles. The van der Waals surface area contributed by atoms with Crippen molar-refractivity contribution in [3.05, 3.63) is 18.0 Å². The third-order valence-electron chi connectivity index (χ3n) is 2.28. The lowest BCUT2D eigenvalue weighted by molar-refractivity contribution is -0.142. The molecule has 108 valence electrons. The quantitative estimate of drug-likeness (QED) is 0.899. The van der Waals surface area contributed by atoms with Gasteiger partial charge in [0.05, 0.1) is 5.60 Å². The molecule has 0 radical (unpaired) electrons. The van der Waals surface area contributed by atoms with Crippen molar-refractivity contribution >= 4 is 5.91 Å². The molecule has 8 heteroatoms. The molecule has 0 aromatic carbocycles. The highest BCUT2D eigenvalue weighted by Gasteiger charge is 2.33. The third kappa shape index (κ3) is 4.90. The number of likely N-dealkylation sites (N-methyl/N-ethyl adjacent to an activating group) is 1. The standard InChI is InChI=1S/C11H16F3N3O2/c1-10(2,19)7-16(3)9(18)6-17-5-4-8(15-17)11(12,13)14/h4-5,19H,6-7H2,1-3H3. The smallest absolute Gasteiger partial charge is 0.389 e. The molecule has 1 rings (SSSR count). The number of aromatic nitrogens is 2. The van der Waals surface area contributed by atoms with E-state index in [0.717, 1.165) is 16.9 Å². The monoisotopic (exact) mass is 279 g/mol. The Kier molecular flexibility index (Phi) is 4.24. The van der Waals surface area contributed by atoms with Gasteiger partial charge in [-0.1, -0.05) is 0 Å². The number of hydrogen-bond donors (Lipinski definition) is 1. The van der Waals surface area contributed by atoms with Gasteiger partial charge in [-0.15, -0.1) is 0 Å². The second-order valence-corrected chi connectivity index (χ2v) is 4.96. The zero-order valence-electron chi connectivity index (χ0n) is 10.9. The second-order valence-electron chi connectivity index (χ2n) is 4.96. The Morgan fingerprint density at radius 1 is 1.47 bits per heavy atom. The first-order valence-corrected chi connectivity index (χ1v) is 5.56. The SMILES string of the molecule is CN(CC(C)(C)O)C(=O)Cn1ccc(C(F)(F)F)n1. The summed E-state index contributed by atoms with van der Waals surface area (Å²) < 4.78 is 37.9. The average molecular weight is 279 g/mol. The number of alkyl halides is 3. The number of amides is 1. The summed E-state index contributed by atoms with van der Waals surface area (Å²) in [4.78, 5) is 13.0. The molecule has 0 spiro atoms. The fourth-order valence-electron chi connectivity index (χ4n) is 1.53. The van der Waals surface area contributed by atoms with Crippen LogP contribution in [-0.4, -0.2) is 44.9 Å². The first kappa shape index (κ1) is 15.5. The molecule has 0 aliphatic carbocycles. The molecule has 1 N–H and O–H groups in total. The minimum Gasteiger partial charge on any atom is -0.389 e. The van der Waals surface area contributed by atoms with Crippen molar-refractivity contribution in [1.82, 2.24) is 14.7 Å². The molecule has 0 aliphatic heterocycles. The van der Waals surface area contributed by atoms with Gasteiger partial charge in [-0.05, 0) is 19.9 Å². The van der Waals surface area contributed by atoms with Crippen LogP contribution in [0, 0.1) is 0 Å². The Morgan fingerprint density at radius 2 is 2.05 bits per heavy atom. The lowest BCUT2D eigenvalue weighted by Crippen LogP contribution is -2.41. The van der Waals surface area contributed by atoms with Crippen LogP contribution in [0.5, 0.6) is 0 Å². The van der Waals surface area contributed by atoms with Crippen LogP contribution in [-0.2, 0) is 17.5 Å². The van der Waals surface area contributed by atoms with Crippen molar-refractivity contribution in [1.29, 1.82) is 0 Å². The Hall–Kier alpha value is -1.57. The van der Waals surface area contributed by atoms with Crippen LogP contribution in [0.1, 0.15) is 19.5 Å². The molecule has 0 bridgehead atoms. The number of halogens is 3. The average Bonchev–Trinajstić information content (AvgIpc) is 2.62. The maximum atomic E-state index is 12.3. The molecular weight excluding hydrogens is 263 g/mol. The van der Waals surface area contributed by atoms with Crippen molar-refractivity contribution in [3.63, 3.8) is 0 Å². The molecule has 0 atom stereocenters. The molecule has 5 nitrogen and oxygen atoms in total. The minimum atomic E-state index is -4.52. The van der Waals surface area contributed by atoms with Gasteiger partial charge in [-0.25, -0.2) is 0 Å². The fourth-order valence-corrected chi connectivity index (χ4v) is 1.53. The summed E-state index contributed by atoms with van der Waals surface area (Å²) in [5.41, 5.74) is -2.10. The molecule has 1 amide bonds. The van der Waals surface area contributed by atoms with Gasteiger partial charge in [-0.3, -0.25) is 9.48 Å². The second kappa shape index (κ2) is 5.20. The van der Waals surface area contributed by atoms with E-state index in [-0.39, 0.29) is 13.1 Å². The summed E-state index contributed by atoms with van der Waals surface area (Å²) in [6, 6.07) is 0.809. The lowest BCUT2D eigenvalue weighted by Gasteiger charge is -2.25. The topological polar surface area (TPSA) is 58.4 Å². The first-order chi connectivity index (χ1) is 8.49.